The fourth-order valence-electron chi connectivity index (χ4n) is 1.81. The molecule has 1 aromatic rings. The summed E-state index contributed by atoms with van der Waals surface area (Å²) in [5.41, 5.74) is 1.65. The Hall–Kier alpha value is -2.11. The summed E-state index contributed by atoms with van der Waals surface area (Å²) in [5.74, 6) is -0.361. The van der Waals surface area contributed by atoms with E-state index >= 15 is 0 Å². The van der Waals surface area contributed by atoms with Crippen molar-refractivity contribution in [2.75, 3.05) is 13.7 Å². The Morgan fingerprint density at radius 1 is 1.42 bits per heavy atom. The highest BCUT2D eigenvalue weighted by atomic mass is 16.5. The van der Waals surface area contributed by atoms with E-state index in [9.17, 15) is 14.4 Å². The molecule has 0 aliphatic carbocycles. The molecule has 0 fully saturated rings. The molecule has 0 bridgehead atoms. The SMILES string of the molecule is CCOC(=O)n1cc(C)c(CCC(=O)OC)c1C=O. The van der Waals surface area contributed by atoms with Gasteiger partial charge in [0.2, 0.25) is 0 Å². The Balaban J connectivity index is 3.01. The molecule has 0 N–H and O–H groups in total. The molecule has 1 heterocycles. The Bertz CT molecular complexity index is 489. The van der Waals surface area contributed by atoms with Gasteiger partial charge < -0.3 is 9.47 Å². The lowest BCUT2D eigenvalue weighted by Crippen LogP contribution is -2.15. The number of aldehydes is 1. The number of rotatable bonds is 5. The molecule has 6 heteroatoms. The highest BCUT2D eigenvalue weighted by Gasteiger charge is 2.18. The minimum absolute atomic E-state index is 0.158. The zero-order valence-electron chi connectivity index (χ0n) is 11.3. The summed E-state index contributed by atoms with van der Waals surface area (Å²) in [7, 11) is 1.31. The molecule has 1 rings (SSSR count). The fourth-order valence-corrected chi connectivity index (χ4v) is 1.81. The number of hydrogen-bond donors (Lipinski definition) is 0. The zero-order chi connectivity index (χ0) is 14.4. The van der Waals surface area contributed by atoms with Crippen LogP contribution in [0.15, 0.2) is 6.20 Å². The van der Waals surface area contributed by atoms with Crippen molar-refractivity contribution in [2.24, 2.45) is 0 Å². The maximum Gasteiger partial charge on any atom is 0.418 e. The number of carbonyl (C=O) groups is 3. The molecule has 1 aromatic heterocycles. The molecular formula is C13H17NO5. The first-order chi connectivity index (χ1) is 9.04. The molecule has 19 heavy (non-hydrogen) atoms. The second kappa shape index (κ2) is 6.72. The third kappa shape index (κ3) is 3.43. The van der Waals surface area contributed by atoms with E-state index in [-0.39, 0.29) is 24.7 Å². The highest BCUT2D eigenvalue weighted by molar-refractivity contribution is 5.85. The largest absolute Gasteiger partial charge is 0.469 e. The van der Waals surface area contributed by atoms with Crippen LogP contribution in [0.3, 0.4) is 0 Å². The molecule has 0 aromatic carbocycles. The van der Waals surface area contributed by atoms with Crippen LogP contribution < -0.4 is 0 Å². The predicted molar refractivity (Wildman–Crippen MR) is 67.3 cm³/mol. The molecule has 0 radical (unpaired) electrons. The van der Waals surface area contributed by atoms with Crippen LogP contribution in [-0.2, 0) is 20.7 Å². The Kier molecular flexibility index (Phi) is 5.29. The molecule has 0 unspecified atom stereocenters. The first-order valence-electron chi connectivity index (χ1n) is 5.95. The van der Waals surface area contributed by atoms with Crippen LogP contribution in [-0.4, -0.2) is 36.6 Å². The van der Waals surface area contributed by atoms with Crippen LogP contribution in [0, 0.1) is 6.92 Å². The maximum atomic E-state index is 11.7. The third-order valence-electron chi connectivity index (χ3n) is 2.75. The van der Waals surface area contributed by atoms with Gasteiger partial charge in [0.25, 0.3) is 0 Å². The van der Waals surface area contributed by atoms with Crippen LogP contribution in [0.5, 0.6) is 0 Å². The van der Waals surface area contributed by atoms with Crippen molar-refractivity contribution in [1.82, 2.24) is 4.57 Å². The zero-order valence-corrected chi connectivity index (χ0v) is 11.3. The van der Waals surface area contributed by atoms with Gasteiger partial charge in [0.1, 0.15) is 0 Å². The van der Waals surface area contributed by atoms with Crippen molar-refractivity contribution in [3.63, 3.8) is 0 Å². The summed E-state index contributed by atoms with van der Waals surface area (Å²) in [6.07, 6.45) is 2.03. The van der Waals surface area contributed by atoms with Gasteiger partial charge in [0.15, 0.2) is 6.29 Å². The highest BCUT2D eigenvalue weighted by Crippen LogP contribution is 2.18. The smallest absolute Gasteiger partial charge is 0.418 e. The van der Waals surface area contributed by atoms with Crippen molar-refractivity contribution >= 4 is 18.3 Å². The average Bonchev–Trinajstić information content (AvgIpc) is 2.72. The summed E-state index contributed by atoms with van der Waals surface area (Å²) >= 11 is 0. The first-order valence-corrected chi connectivity index (χ1v) is 5.95. The van der Waals surface area contributed by atoms with Crippen molar-refractivity contribution < 1.29 is 23.9 Å². The number of ether oxygens (including phenoxy) is 2. The molecule has 0 saturated carbocycles. The van der Waals surface area contributed by atoms with E-state index < -0.39 is 6.09 Å². The standard InChI is InChI=1S/C13H17NO5/c1-4-19-13(17)14-7-9(2)10(11(14)8-15)5-6-12(16)18-3/h7-8H,4-6H2,1-3H3. The van der Waals surface area contributed by atoms with Gasteiger partial charge in [-0.05, 0) is 31.4 Å². The maximum absolute atomic E-state index is 11.7. The predicted octanol–water partition coefficient (Wildman–Crippen LogP) is 1.72. The minimum atomic E-state index is -0.600. The topological polar surface area (TPSA) is 74.6 Å². The summed E-state index contributed by atoms with van der Waals surface area (Å²) in [6.45, 7) is 3.69. The molecule has 6 nitrogen and oxygen atoms in total. The number of nitrogens with zero attached hydrogens (tertiary/aromatic N) is 1. The van der Waals surface area contributed by atoms with Gasteiger partial charge >= 0.3 is 12.1 Å². The molecule has 0 spiro atoms. The van der Waals surface area contributed by atoms with E-state index in [1.54, 1.807) is 13.8 Å². The molecular weight excluding hydrogens is 250 g/mol. The van der Waals surface area contributed by atoms with Crippen LogP contribution >= 0.6 is 0 Å². The fraction of sp³-hybridized carbons (Fsp3) is 0.462. The number of carbonyl (C=O) groups excluding carboxylic acids is 3. The van der Waals surface area contributed by atoms with Crippen molar-refractivity contribution in [3.8, 4) is 0 Å². The molecule has 0 atom stereocenters. The van der Waals surface area contributed by atoms with Crippen LogP contribution in [0.4, 0.5) is 4.79 Å². The lowest BCUT2D eigenvalue weighted by molar-refractivity contribution is -0.140. The Morgan fingerprint density at radius 2 is 2.11 bits per heavy atom. The number of hydrogen-bond acceptors (Lipinski definition) is 5. The van der Waals surface area contributed by atoms with Gasteiger partial charge in [-0.3, -0.25) is 9.59 Å². The monoisotopic (exact) mass is 267 g/mol. The van der Waals surface area contributed by atoms with E-state index in [4.69, 9.17) is 4.74 Å². The van der Waals surface area contributed by atoms with E-state index in [0.29, 0.717) is 18.3 Å². The van der Waals surface area contributed by atoms with Crippen LogP contribution in [0.1, 0.15) is 35.0 Å². The molecule has 0 aliphatic heterocycles. The average molecular weight is 267 g/mol. The quantitative estimate of drug-likeness (QED) is 0.599. The summed E-state index contributed by atoms with van der Waals surface area (Å²) in [5, 5.41) is 0. The minimum Gasteiger partial charge on any atom is -0.469 e. The van der Waals surface area contributed by atoms with Gasteiger partial charge in [-0.2, -0.15) is 0 Å². The normalized spacial score (nSPS) is 10.1. The second-order valence-electron chi connectivity index (χ2n) is 3.94. The number of esters is 1. The molecule has 0 amide bonds. The number of aromatic nitrogens is 1. The molecule has 104 valence electrons. The van der Waals surface area contributed by atoms with Crippen LogP contribution in [0.2, 0.25) is 0 Å². The Labute approximate surface area is 111 Å². The van der Waals surface area contributed by atoms with E-state index in [1.165, 1.54) is 17.9 Å². The van der Waals surface area contributed by atoms with Gasteiger partial charge in [0.05, 0.1) is 19.4 Å². The number of methoxy groups -OCH3 is 1. The summed E-state index contributed by atoms with van der Waals surface area (Å²) in [4.78, 5) is 33.9. The van der Waals surface area contributed by atoms with Crippen LogP contribution in [0.25, 0.3) is 0 Å². The van der Waals surface area contributed by atoms with Crippen molar-refractivity contribution in [2.45, 2.75) is 26.7 Å². The van der Waals surface area contributed by atoms with Crippen molar-refractivity contribution in [3.05, 3.63) is 23.0 Å². The van der Waals surface area contributed by atoms with Gasteiger partial charge in [0, 0.05) is 12.6 Å². The lowest BCUT2D eigenvalue weighted by atomic mass is 10.1. The van der Waals surface area contributed by atoms with Gasteiger partial charge in [-0.25, -0.2) is 9.36 Å². The summed E-state index contributed by atoms with van der Waals surface area (Å²) in [6, 6.07) is 0. The van der Waals surface area contributed by atoms with Gasteiger partial charge in [-0.15, -0.1) is 0 Å². The van der Waals surface area contributed by atoms with E-state index in [1.807, 2.05) is 0 Å². The van der Waals surface area contributed by atoms with E-state index in [0.717, 1.165) is 5.56 Å². The number of aryl methyl sites for hydroxylation is 1. The first kappa shape index (κ1) is 14.9. The Morgan fingerprint density at radius 3 is 2.63 bits per heavy atom. The van der Waals surface area contributed by atoms with Gasteiger partial charge in [-0.1, -0.05) is 0 Å². The van der Waals surface area contributed by atoms with Crippen molar-refractivity contribution in [1.29, 1.82) is 0 Å². The summed E-state index contributed by atoms with van der Waals surface area (Å²) < 4.78 is 10.6. The van der Waals surface area contributed by atoms with E-state index in [2.05, 4.69) is 4.74 Å². The second-order valence-corrected chi connectivity index (χ2v) is 3.94. The lowest BCUT2D eigenvalue weighted by Gasteiger charge is -2.05. The molecule has 0 saturated heterocycles. The molecule has 0 aliphatic rings. The third-order valence-corrected chi connectivity index (χ3v) is 2.75.